The van der Waals surface area contributed by atoms with Crippen LogP contribution in [0, 0.1) is 19.7 Å². The molecule has 1 aliphatic heterocycles. The van der Waals surface area contributed by atoms with Gasteiger partial charge >= 0.3 is 5.63 Å². The third kappa shape index (κ3) is 3.43. The normalized spacial score (nSPS) is 14.5. The molecule has 2 aromatic carbocycles. The molecule has 0 aliphatic carbocycles. The molecule has 32 heavy (non-hydrogen) atoms. The minimum atomic E-state index is -0.504. The number of amides is 1. The summed E-state index contributed by atoms with van der Waals surface area (Å²) in [4.78, 5) is 29.3. The summed E-state index contributed by atoms with van der Waals surface area (Å²) in [6.45, 7) is 5.82. The van der Waals surface area contributed by atoms with E-state index in [0.29, 0.717) is 48.6 Å². The van der Waals surface area contributed by atoms with E-state index in [2.05, 4.69) is 0 Å². The van der Waals surface area contributed by atoms with Crippen LogP contribution in [-0.2, 0) is 11.2 Å². The van der Waals surface area contributed by atoms with Crippen LogP contribution in [0.4, 0.5) is 10.1 Å². The molecular formula is C25H23FN2O4. The summed E-state index contributed by atoms with van der Waals surface area (Å²) in [6, 6.07) is 10.3. The minimum absolute atomic E-state index is 0.0216. The highest BCUT2D eigenvalue weighted by molar-refractivity contribution is 5.96. The van der Waals surface area contributed by atoms with Gasteiger partial charge in [0.1, 0.15) is 17.0 Å². The van der Waals surface area contributed by atoms with Crippen LogP contribution in [-0.4, -0.2) is 37.0 Å². The van der Waals surface area contributed by atoms with E-state index < -0.39 is 5.63 Å². The van der Waals surface area contributed by atoms with Crippen molar-refractivity contribution in [3.63, 3.8) is 0 Å². The van der Waals surface area contributed by atoms with Crippen LogP contribution >= 0.6 is 0 Å². The highest BCUT2D eigenvalue weighted by Crippen LogP contribution is 2.29. The summed E-state index contributed by atoms with van der Waals surface area (Å²) < 4.78 is 25.1. The van der Waals surface area contributed by atoms with Crippen molar-refractivity contribution >= 4 is 33.5 Å². The maximum absolute atomic E-state index is 14.1. The van der Waals surface area contributed by atoms with Crippen LogP contribution < -0.4 is 10.5 Å². The highest BCUT2D eigenvalue weighted by atomic mass is 19.1. The van der Waals surface area contributed by atoms with E-state index in [0.717, 1.165) is 21.9 Å². The Morgan fingerprint density at radius 2 is 1.78 bits per heavy atom. The number of furan rings is 1. The number of carbonyl (C=O) groups is 1. The lowest BCUT2D eigenvalue weighted by Crippen LogP contribution is -2.49. The van der Waals surface area contributed by atoms with E-state index in [1.807, 2.05) is 24.8 Å². The number of anilines is 1. The number of rotatable bonds is 3. The highest BCUT2D eigenvalue weighted by Gasteiger charge is 2.25. The summed E-state index contributed by atoms with van der Waals surface area (Å²) in [5.74, 6) is -0.396. The van der Waals surface area contributed by atoms with Gasteiger partial charge in [-0.05, 0) is 43.2 Å². The first-order valence-electron chi connectivity index (χ1n) is 10.6. The van der Waals surface area contributed by atoms with Gasteiger partial charge in [0, 0.05) is 43.0 Å². The Hall–Kier alpha value is -3.61. The fraction of sp³-hybridized carbons (Fsp3) is 0.280. The zero-order chi connectivity index (χ0) is 22.4. The van der Waals surface area contributed by atoms with Crippen LogP contribution in [0.25, 0.3) is 21.9 Å². The lowest BCUT2D eigenvalue weighted by atomic mass is 10.0. The maximum Gasteiger partial charge on any atom is 0.340 e. The van der Waals surface area contributed by atoms with Gasteiger partial charge in [-0.3, -0.25) is 4.79 Å². The Kier molecular flexibility index (Phi) is 4.96. The van der Waals surface area contributed by atoms with Crippen molar-refractivity contribution in [3.05, 3.63) is 75.6 Å². The smallest absolute Gasteiger partial charge is 0.340 e. The summed E-state index contributed by atoms with van der Waals surface area (Å²) in [6.07, 6.45) is 1.65. The topological polar surface area (TPSA) is 66.9 Å². The number of hydrogen-bond acceptors (Lipinski definition) is 5. The summed E-state index contributed by atoms with van der Waals surface area (Å²) in [7, 11) is 0. The van der Waals surface area contributed by atoms with E-state index >= 15 is 0 Å². The molecule has 0 N–H and O–H groups in total. The molecule has 4 aromatic rings. The third-order valence-corrected chi connectivity index (χ3v) is 6.33. The largest absolute Gasteiger partial charge is 0.464 e. The first kappa shape index (κ1) is 20.3. The molecule has 0 atom stereocenters. The lowest BCUT2D eigenvalue weighted by molar-refractivity contribution is -0.130. The molecule has 1 saturated heterocycles. The molecule has 0 radical (unpaired) electrons. The second-order valence-corrected chi connectivity index (χ2v) is 8.25. The minimum Gasteiger partial charge on any atom is -0.464 e. The zero-order valence-electron chi connectivity index (χ0n) is 18.0. The fourth-order valence-corrected chi connectivity index (χ4v) is 4.41. The molecule has 5 rings (SSSR count). The van der Waals surface area contributed by atoms with Gasteiger partial charge in [0.05, 0.1) is 23.9 Å². The zero-order valence-corrected chi connectivity index (χ0v) is 18.0. The molecule has 3 heterocycles. The van der Waals surface area contributed by atoms with Crippen LogP contribution in [0.15, 0.2) is 56.3 Å². The lowest BCUT2D eigenvalue weighted by Gasteiger charge is -2.36. The van der Waals surface area contributed by atoms with E-state index in [1.54, 1.807) is 35.4 Å². The second kappa shape index (κ2) is 7.82. The van der Waals surface area contributed by atoms with Gasteiger partial charge in [0.2, 0.25) is 5.91 Å². The number of halogens is 1. The van der Waals surface area contributed by atoms with Gasteiger partial charge in [-0.1, -0.05) is 12.1 Å². The van der Waals surface area contributed by atoms with Crippen LogP contribution in [0.2, 0.25) is 0 Å². The molecule has 0 bridgehead atoms. The summed E-state index contributed by atoms with van der Waals surface area (Å²) in [5, 5.41) is 1.75. The van der Waals surface area contributed by atoms with Crippen molar-refractivity contribution in [2.24, 2.45) is 0 Å². The number of nitrogens with zero attached hydrogens (tertiary/aromatic N) is 2. The number of fused-ring (bicyclic) bond motifs is 2. The van der Waals surface area contributed by atoms with E-state index in [4.69, 9.17) is 8.83 Å². The van der Waals surface area contributed by atoms with Crippen LogP contribution in [0.3, 0.4) is 0 Å². The average molecular weight is 434 g/mol. The van der Waals surface area contributed by atoms with Crippen molar-refractivity contribution in [1.29, 1.82) is 0 Å². The number of piperazine rings is 1. The molecular weight excluding hydrogens is 411 g/mol. The Morgan fingerprint density at radius 1 is 1.03 bits per heavy atom. The standard InChI is InChI=1S/C25H23FN2O4/c1-15-14-31-22-13-23-18(11-17(15)22)16(2)19(25(30)32-23)12-24(29)28-9-7-27(8-10-28)21-6-4-3-5-20(21)26/h3-6,11,13-14H,7-10,12H2,1-2H3. The van der Waals surface area contributed by atoms with Crippen molar-refractivity contribution in [2.45, 2.75) is 20.3 Å². The van der Waals surface area contributed by atoms with Crippen molar-refractivity contribution in [1.82, 2.24) is 4.90 Å². The molecule has 6 nitrogen and oxygen atoms in total. The van der Waals surface area contributed by atoms with E-state index in [1.165, 1.54) is 6.07 Å². The second-order valence-electron chi connectivity index (χ2n) is 8.25. The van der Waals surface area contributed by atoms with Crippen molar-refractivity contribution in [2.75, 3.05) is 31.1 Å². The number of hydrogen-bond donors (Lipinski definition) is 0. The Bertz CT molecular complexity index is 1400. The fourth-order valence-electron chi connectivity index (χ4n) is 4.41. The molecule has 0 unspecified atom stereocenters. The average Bonchev–Trinajstić information content (AvgIpc) is 3.15. The molecule has 2 aromatic heterocycles. The quantitative estimate of drug-likeness (QED) is 0.453. The number of aryl methyl sites for hydroxylation is 2. The molecule has 0 saturated carbocycles. The Balaban J connectivity index is 1.37. The predicted molar refractivity (Wildman–Crippen MR) is 121 cm³/mol. The van der Waals surface area contributed by atoms with Gasteiger partial charge < -0.3 is 18.6 Å². The van der Waals surface area contributed by atoms with Gasteiger partial charge in [-0.2, -0.15) is 0 Å². The number of carbonyl (C=O) groups excluding carboxylic acids is 1. The number of para-hydroxylation sites is 1. The van der Waals surface area contributed by atoms with Gasteiger partial charge in [0.25, 0.3) is 0 Å². The first-order valence-corrected chi connectivity index (χ1v) is 10.6. The Labute approximate surface area is 183 Å². The molecule has 0 spiro atoms. The molecule has 1 fully saturated rings. The monoisotopic (exact) mass is 434 g/mol. The van der Waals surface area contributed by atoms with Crippen molar-refractivity contribution in [3.8, 4) is 0 Å². The van der Waals surface area contributed by atoms with Gasteiger partial charge in [-0.15, -0.1) is 0 Å². The van der Waals surface area contributed by atoms with Gasteiger partial charge in [0.15, 0.2) is 0 Å². The SMILES string of the molecule is Cc1coc2cc3oc(=O)c(CC(=O)N4CCN(c5ccccc5F)CC4)c(C)c3cc12. The molecule has 7 heteroatoms. The molecule has 164 valence electrons. The van der Waals surface area contributed by atoms with Crippen LogP contribution in [0.1, 0.15) is 16.7 Å². The third-order valence-electron chi connectivity index (χ3n) is 6.33. The molecule has 1 amide bonds. The van der Waals surface area contributed by atoms with E-state index in [9.17, 15) is 14.0 Å². The first-order chi connectivity index (χ1) is 15.4. The summed E-state index contributed by atoms with van der Waals surface area (Å²) >= 11 is 0. The predicted octanol–water partition coefficient (Wildman–Crippen LogP) is 4.19. The van der Waals surface area contributed by atoms with E-state index in [-0.39, 0.29) is 18.1 Å². The Morgan fingerprint density at radius 3 is 2.53 bits per heavy atom. The van der Waals surface area contributed by atoms with Gasteiger partial charge in [-0.25, -0.2) is 9.18 Å². The van der Waals surface area contributed by atoms with Crippen LogP contribution in [0.5, 0.6) is 0 Å². The number of benzene rings is 2. The van der Waals surface area contributed by atoms with Crippen molar-refractivity contribution < 1.29 is 18.0 Å². The summed E-state index contributed by atoms with van der Waals surface area (Å²) in [5.41, 5.74) is 3.27. The molecule has 1 aliphatic rings. The maximum atomic E-state index is 14.1.